The van der Waals surface area contributed by atoms with Crippen molar-refractivity contribution in [3.8, 4) is 0 Å². The second kappa shape index (κ2) is 5.76. The maximum Gasteiger partial charge on any atom is 0.223 e. The molecule has 0 aromatic heterocycles. The summed E-state index contributed by atoms with van der Waals surface area (Å²) >= 11 is 0. The van der Waals surface area contributed by atoms with Gasteiger partial charge in [-0.2, -0.15) is 0 Å². The molecule has 0 aromatic rings. The standard InChI is InChI=1S/C15H26O6/c1-17-13-15(19-3)8-10(12(9-16)20-13)11-6-4-5-7-14(11,18-2)21-15/h10-13,16H,4-9H2,1-3H3/t10-,11-,12-,13+,14-,15-/m1/s1. The summed E-state index contributed by atoms with van der Waals surface area (Å²) in [4.78, 5) is 0. The van der Waals surface area contributed by atoms with Crippen molar-refractivity contribution in [2.24, 2.45) is 11.8 Å². The minimum atomic E-state index is -0.963. The zero-order valence-corrected chi connectivity index (χ0v) is 13.0. The molecule has 0 spiro atoms. The van der Waals surface area contributed by atoms with Gasteiger partial charge in [-0.15, -0.1) is 0 Å². The van der Waals surface area contributed by atoms with E-state index in [1.807, 2.05) is 0 Å². The van der Waals surface area contributed by atoms with Gasteiger partial charge >= 0.3 is 0 Å². The molecule has 1 aliphatic carbocycles. The first-order valence-electron chi connectivity index (χ1n) is 7.74. The molecule has 3 rings (SSSR count). The van der Waals surface area contributed by atoms with Crippen LogP contribution in [-0.4, -0.2) is 57.0 Å². The van der Waals surface area contributed by atoms with Crippen LogP contribution in [0.15, 0.2) is 0 Å². The molecule has 2 bridgehead atoms. The van der Waals surface area contributed by atoms with Crippen LogP contribution in [0.5, 0.6) is 0 Å². The van der Waals surface area contributed by atoms with Gasteiger partial charge in [-0.3, -0.25) is 0 Å². The molecule has 6 atom stereocenters. The molecular weight excluding hydrogens is 276 g/mol. The van der Waals surface area contributed by atoms with Gasteiger partial charge in [-0.25, -0.2) is 0 Å². The first kappa shape index (κ1) is 15.6. The van der Waals surface area contributed by atoms with Crippen LogP contribution in [-0.2, 0) is 23.7 Å². The topological polar surface area (TPSA) is 66.4 Å². The van der Waals surface area contributed by atoms with Crippen LogP contribution >= 0.6 is 0 Å². The predicted octanol–water partition coefficient (Wildman–Crippen LogP) is 1.26. The summed E-state index contributed by atoms with van der Waals surface area (Å²) in [5, 5.41) is 9.72. The summed E-state index contributed by atoms with van der Waals surface area (Å²) < 4.78 is 29.2. The van der Waals surface area contributed by atoms with Gasteiger partial charge in [-0.1, -0.05) is 6.42 Å². The van der Waals surface area contributed by atoms with Gasteiger partial charge < -0.3 is 28.8 Å². The van der Waals surface area contributed by atoms with Crippen molar-refractivity contribution in [2.75, 3.05) is 27.9 Å². The van der Waals surface area contributed by atoms with Crippen LogP contribution in [0.25, 0.3) is 0 Å². The number of rotatable bonds is 4. The van der Waals surface area contributed by atoms with Gasteiger partial charge in [0.05, 0.1) is 12.7 Å². The molecule has 2 saturated heterocycles. The van der Waals surface area contributed by atoms with E-state index >= 15 is 0 Å². The van der Waals surface area contributed by atoms with Crippen LogP contribution in [0, 0.1) is 11.8 Å². The van der Waals surface area contributed by atoms with Crippen LogP contribution in [0.1, 0.15) is 32.1 Å². The number of aliphatic hydroxyl groups excluding tert-OH is 1. The fourth-order valence-corrected chi connectivity index (χ4v) is 4.44. The zero-order valence-electron chi connectivity index (χ0n) is 13.0. The SMILES string of the molecule is CO[C@H]1O[C@H](CO)[C@@H]2C[C@@]1(OC)O[C@]1(OC)CCCC[C@H]21. The molecule has 122 valence electrons. The van der Waals surface area contributed by atoms with Crippen LogP contribution < -0.4 is 0 Å². The summed E-state index contributed by atoms with van der Waals surface area (Å²) in [7, 11) is 4.87. The van der Waals surface area contributed by atoms with E-state index in [4.69, 9.17) is 23.7 Å². The monoisotopic (exact) mass is 302 g/mol. The van der Waals surface area contributed by atoms with Gasteiger partial charge in [0.1, 0.15) is 0 Å². The highest BCUT2D eigenvalue weighted by atomic mass is 16.8. The molecule has 21 heavy (non-hydrogen) atoms. The Kier molecular flexibility index (Phi) is 4.29. The Hall–Kier alpha value is -0.240. The molecule has 0 aromatic carbocycles. The van der Waals surface area contributed by atoms with E-state index < -0.39 is 17.9 Å². The van der Waals surface area contributed by atoms with E-state index in [0.717, 1.165) is 25.7 Å². The predicted molar refractivity (Wildman–Crippen MR) is 73.4 cm³/mol. The molecule has 6 nitrogen and oxygen atoms in total. The smallest absolute Gasteiger partial charge is 0.223 e. The highest BCUT2D eigenvalue weighted by Crippen LogP contribution is 2.55. The average molecular weight is 302 g/mol. The van der Waals surface area contributed by atoms with Crippen LogP contribution in [0.2, 0.25) is 0 Å². The Balaban J connectivity index is 2.00. The molecule has 3 aliphatic rings. The largest absolute Gasteiger partial charge is 0.394 e. The molecule has 2 aliphatic heterocycles. The summed E-state index contributed by atoms with van der Waals surface area (Å²) in [5.41, 5.74) is 0. The molecule has 1 N–H and O–H groups in total. The molecule has 0 radical (unpaired) electrons. The minimum absolute atomic E-state index is 0.0272. The Morgan fingerprint density at radius 1 is 1.14 bits per heavy atom. The van der Waals surface area contributed by atoms with Crippen molar-refractivity contribution in [3.63, 3.8) is 0 Å². The summed E-state index contributed by atoms with van der Waals surface area (Å²) in [5.74, 6) is -1.26. The number of ether oxygens (including phenoxy) is 5. The first-order chi connectivity index (χ1) is 10.1. The van der Waals surface area contributed by atoms with E-state index in [2.05, 4.69) is 0 Å². The number of fused-ring (bicyclic) bond motifs is 4. The average Bonchev–Trinajstić information content (AvgIpc) is 2.55. The van der Waals surface area contributed by atoms with E-state index in [0.29, 0.717) is 6.42 Å². The number of hydrogen-bond donors (Lipinski definition) is 1. The molecule has 2 heterocycles. The first-order valence-corrected chi connectivity index (χ1v) is 7.74. The minimum Gasteiger partial charge on any atom is -0.394 e. The highest BCUT2D eigenvalue weighted by Gasteiger charge is 2.64. The Labute approximate surface area is 125 Å². The lowest BCUT2D eigenvalue weighted by atomic mass is 9.67. The maximum absolute atomic E-state index is 9.72. The van der Waals surface area contributed by atoms with Gasteiger partial charge in [0.2, 0.25) is 12.1 Å². The van der Waals surface area contributed by atoms with Crippen LogP contribution in [0.3, 0.4) is 0 Å². The van der Waals surface area contributed by atoms with E-state index in [1.165, 1.54) is 0 Å². The van der Waals surface area contributed by atoms with E-state index in [-0.39, 0.29) is 24.5 Å². The van der Waals surface area contributed by atoms with E-state index in [9.17, 15) is 5.11 Å². The lowest BCUT2D eigenvalue weighted by Gasteiger charge is -2.60. The Morgan fingerprint density at radius 2 is 1.90 bits per heavy atom. The number of methoxy groups -OCH3 is 3. The summed E-state index contributed by atoms with van der Waals surface area (Å²) in [6.45, 7) is -0.0272. The second-order valence-electron chi connectivity index (χ2n) is 6.28. The molecule has 0 unspecified atom stereocenters. The Bertz CT molecular complexity index is 373. The van der Waals surface area contributed by atoms with Crippen molar-refractivity contribution < 1.29 is 28.8 Å². The molecular formula is C15H26O6. The van der Waals surface area contributed by atoms with Gasteiger partial charge in [-0.05, 0) is 12.8 Å². The summed E-state index contributed by atoms with van der Waals surface area (Å²) in [6, 6.07) is 0. The lowest BCUT2D eigenvalue weighted by molar-refractivity contribution is -0.481. The van der Waals surface area contributed by atoms with Gasteiger partial charge in [0.15, 0.2) is 5.79 Å². The maximum atomic E-state index is 9.72. The quantitative estimate of drug-likeness (QED) is 0.843. The molecule has 1 saturated carbocycles. The molecule has 0 amide bonds. The second-order valence-corrected chi connectivity index (χ2v) is 6.28. The van der Waals surface area contributed by atoms with Crippen molar-refractivity contribution in [3.05, 3.63) is 0 Å². The molecule has 3 fully saturated rings. The third-order valence-electron chi connectivity index (χ3n) is 5.46. The highest BCUT2D eigenvalue weighted by molar-refractivity contribution is 5.02. The summed E-state index contributed by atoms with van der Waals surface area (Å²) in [6.07, 6.45) is 3.81. The number of aliphatic hydroxyl groups is 1. The van der Waals surface area contributed by atoms with Crippen molar-refractivity contribution in [2.45, 2.75) is 56.1 Å². The fourth-order valence-electron chi connectivity index (χ4n) is 4.44. The van der Waals surface area contributed by atoms with Crippen LogP contribution in [0.4, 0.5) is 0 Å². The van der Waals surface area contributed by atoms with Crippen molar-refractivity contribution >= 4 is 0 Å². The number of hydrogen-bond acceptors (Lipinski definition) is 6. The van der Waals surface area contributed by atoms with Crippen molar-refractivity contribution in [1.29, 1.82) is 0 Å². The Morgan fingerprint density at radius 3 is 2.52 bits per heavy atom. The van der Waals surface area contributed by atoms with Gasteiger partial charge in [0, 0.05) is 46.0 Å². The fraction of sp³-hybridized carbons (Fsp3) is 1.00. The third-order valence-corrected chi connectivity index (χ3v) is 5.46. The lowest BCUT2D eigenvalue weighted by Crippen LogP contribution is -2.70. The normalized spacial score (nSPS) is 49.7. The molecule has 6 heteroatoms. The zero-order chi connectivity index (χ0) is 15.1. The third kappa shape index (κ3) is 2.24. The van der Waals surface area contributed by atoms with E-state index in [1.54, 1.807) is 21.3 Å². The van der Waals surface area contributed by atoms with Crippen molar-refractivity contribution in [1.82, 2.24) is 0 Å². The van der Waals surface area contributed by atoms with Gasteiger partial charge in [0.25, 0.3) is 0 Å².